The van der Waals surface area contributed by atoms with Crippen molar-refractivity contribution in [2.24, 2.45) is 0 Å². The Bertz CT molecular complexity index is 703. The summed E-state index contributed by atoms with van der Waals surface area (Å²) in [4.78, 5) is 12.2. The number of methoxy groups -OCH3 is 2. The lowest BCUT2D eigenvalue weighted by Gasteiger charge is -2.18. The van der Waals surface area contributed by atoms with Crippen LogP contribution in [-0.4, -0.2) is 20.1 Å². The average molecular weight is 348 g/mol. The van der Waals surface area contributed by atoms with Crippen molar-refractivity contribution in [1.82, 2.24) is 5.32 Å². The molecule has 1 N–H and O–H groups in total. The zero-order valence-corrected chi connectivity index (χ0v) is 14.9. The van der Waals surface area contributed by atoms with Crippen molar-refractivity contribution in [3.8, 4) is 11.5 Å². The van der Waals surface area contributed by atoms with Crippen LogP contribution in [-0.2, 0) is 11.2 Å². The SMILES string of the molecule is COc1ccc(OC)c(C(C)NC(=O)CCc2cccc(Cl)c2)c1. The number of rotatable bonds is 7. The number of aryl methyl sites for hydroxylation is 1. The van der Waals surface area contributed by atoms with E-state index in [0.717, 1.165) is 22.6 Å². The van der Waals surface area contributed by atoms with Gasteiger partial charge in [-0.3, -0.25) is 4.79 Å². The summed E-state index contributed by atoms with van der Waals surface area (Å²) in [7, 11) is 3.22. The molecular weight excluding hydrogens is 326 g/mol. The number of carbonyl (C=O) groups is 1. The molecule has 1 amide bonds. The van der Waals surface area contributed by atoms with E-state index < -0.39 is 0 Å². The fourth-order valence-corrected chi connectivity index (χ4v) is 2.73. The molecule has 0 aliphatic carbocycles. The van der Waals surface area contributed by atoms with E-state index in [4.69, 9.17) is 21.1 Å². The maximum absolute atomic E-state index is 12.2. The van der Waals surface area contributed by atoms with Gasteiger partial charge < -0.3 is 14.8 Å². The van der Waals surface area contributed by atoms with Crippen LogP contribution in [0.2, 0.25) is 5.02 Å². The number of carbonyl (C=O) groups excluding carboxylic acids is 1. The Kier molecular flexibility index (Phi) is 6.50. The van der Waals surface area contributed by atoms with Crippen LogP contribution in [0.4, 0.5) is 0 Å². The fraction of sp³-hybridized carbons (Fsp3) is 0.316. The van der Waals surface area contributed by atoms with E-state index in [1.165, 1.54) is 0 Å². The van der Waals surface area contributed by atoms with Crippen LogP contribution < -0.4 is 14.8 Å². The summed E-state index contributed by atoms with van der Waals surface area (Å²) in [6.07, 6.45) is 1.05. The number of amides is 1. The van der Waals surface area contributed by atoms with Gasteiger partial charge in [0.2, 0.25) is 5.91 Å². The molecule has 0 radical (unpaired) electrons. The van der Waals surface area contributed by atoms with Gasteiger partial charge in [-0.05, 0) is 49.2 Å². The molecule has 1 atom stereocenters. The normalized spacial score (nSPS) is 11.7. The molecule has 0 aliphatic heterocycles. The third kappa shape index (κ3) is 4.90. The van der Waals surface area contributed by atoms with Crippen molar-refractivity contribution in [2.45, 2.75) is 25.8 Å². The highest BCUT2D eigenvalue weighted by Gasteiger charge is 2.15. The van der Waals surface area contributed by atoms with Gasteiger partial charge in [-0.2, -0.15) is 0 Å². The summed E-state index contributed by atoms with van der Waals surface area (Å²) in [6.45, 7) is 1.93. The lowest BCUT2D eigenvalue weighted by molar-refractivity contribution is -0.121. The molecule has 24 heavy (non-hydrogen) atoms. The molecule has 0 saturated heterocycles. The summed E-state index contributed by atoms with van der Waals surface area (Å²) in [5.41, 5.74) is 1.93. The van der Waals surface area contributed by atoms with E-state index in [0.29, 0.717) is 17.9 Å². The Balaban J connectivity index is 1.98. The van der Waals surface area contributed by atoms with Gasteiger partial charge in [0.15, 0.2) is 0 Å². The summed E-state index contributed by atoms with van der Waals surface area (Å²) >= 11 is 5.96. The van der Waals surface area contributed by atoms with Gasteiger partial charge >= 0.3 is 0 Å². The zero-order valence-electron chi connectivity index (χ0n) is 14.1. The van der Waals surface area contributed by atoms with Crippen molar-refractivity contribution in [3.05, 3.63) is 58.6 Å². The molecule has 128 valence electrons. The summed E-state index contributed by atoms with van der Waals surface area (Å²) in [5, 5.41) is 3.68. The first kappa shape index (κ1) is 18.1. The summed E-state index contributed by atoms with van der Waals surface area (Å²) in [5.74, 6) is 1.43. The number of hydrogen-bond donors (Lipinski definition) is 1. The van der Waals surface area contributed by atoms with E-state index >= 15 is 0 Å². The third-order valence-corrected chi connectivity index (χ3v) is 4.05. The van der Waals surface area contributed by atoms with E-state index in [9.17, 15) is 4.79 Å². The maximum Gasteiger partial charge on any atom is 0.220 e. The van der Waals surface area contributed by atoms with Crippen molar-refractivity contribution in [2.75, 3.05) is 14.2 Å². The van der Waals surface area contributed by atoms with E-state index in [1.54, 1.807) is 14.2 Å². The Morgan fingerprint density at radius 3 is 2.62 bits per heavy atom. The maximum atomic E-state index is 12.2. The molecule has 4 nitrogen and oxygen atoms in total. The van der Waals surface area contributed by atoms with Crippen LogP contribution in [0.15, 0.2) is 42.5 Å². The topological polar surface area (TPSA) is 47.6 Å². The number of benzene rings is 2. The molecule has 2 aromatic rings. The predicted molar refractivity (Wildman–Crippen MR) is 95.9 cm³/mol. The van der Waals surface area contributed by atoms with Gasteiger partial charge in [-0.1, -0.05) is 23.7 Å². The first-order valence-corrected chi connectivity index (χ1v) is 8.17. The van der Waals surface area contributed by atoms with Crippen LogP contribution in [0, 0.1) is 0 Å². The van der Waals surface area contributed by atoms with Gasteiger partial charge in [0.1, 0.15) is 11.5 Å². The number of nitrogens with one attached hydrogen (secondary N) is 1. The molecule has 0 aromatic heterocycles. The van der Waals surface area contributed by atoms with Crippen LogP contribution >= 0.6 is 11.6 Å². The highest BCUT2D eigenvalue weighted by molar-refractivity contribution is 6.30. The van der Waals surface area contributed by atoms with Crippen molar-refractivity contribution < 1.29 is 14.3 Å². The number of hydrogen-bond acceptors (Lipinski definition) is 3. The Morgan fingerprint density at radius 1 is 1.17 bits per heavy atom. The van der Waals surface area contributed by atoms with Crippen molar-refractivity contribution >= 4 is 17.5 Å². The lowest BCUT2D eigenvalue weighted by Crippen LogP contribution is -2.27. The summed E-state index contributed by atoms with van der Waals surface area (Å²) in [6, 6.07) is 12.9. The van der Waals surface area contributed by atoms with Gasteiger partial charge in [0.05, 0.1) is 20.3 Å². The molecule has 0 bridgehead atoms. The first-order chi connectivity index (χ1) is 11.5. The molecule has 2 aromatic carbocycles. The van der Waals surface area contributed by atoms with Gasteiger partial charge in [-0.15, -0.1) is 0 Å². The monoisotopic (exact) mass is 347 g/mol. The second-order valence-corrected chi connectivity index (χ2v) is 5.96. The van der Waals surface area contributed by atoms with E-state index in [1.807, 2.05) is 49.4 Å². The largest absolute Gasteiger partial charge is 0.497 e. The van der Waals surface area contributed by atoms with Crippen LogP contribution in [0.25, 0.3) is 0 Å². The third-order valence-electron chi connectivity index (χ3n) is 3.81. The Labute approximate surface area is 147 Å². The molecular formula is C19H22ClNO3. The number of halogens is 1. The van der Waals surface area contributed by atoms with Gasteiger partial charge in [0, 0.05) is 17.0 Å². The van der Waals surface area contributed by atoms with Gasteiger partial charge in [0.25, 0.3) is 0 Å². The second-order valence-electron chi connectivity index (χ2n) is 5.53. The van der Waals surface area contributed by atoms with E-state index in [-0.39, 0.29) is 11.9 Å². The first-order valence-electron chi connectivity index (χ1n) is 7.79. The molecule has 0 saturated carbocycles. The van der Waals surface area contributed by atoms with Crippen molar-refractivity contribution in [3.63, 3.8) is 0 Å². The highest BCUT2D eigenvalue weighted by atomic mass is 35.5. The van der Waals surface area contributed by atoms with Crippen LogP contribution in [0.5, 0.6) is 11.5 Å². The van der Waals surface area contributed by atoms with E-state index in [2.05, 4.69) is 5.32 Å². The Morgan fingerprint density at radius 2 is 1.96 bits per heavy atom. The fourth-order valence-electron chi connectivity index (χ4n) is 2.52. The number of ether oxygens (including phenoxy) is 2. The molecule has 0 heterocycles. The predicted octanol–water partition coefficient (Wildman–Crippen LogP) is 4.17. The lowest BCUT2D eigenvalue weighted by atomic mass is 10.1. The molecule has 5 heteroatoms. The Hall–Kier alpha value is -2.20. The van der Waals surface area contributed by atoms with Crippen LogP contribution in [0.1, 0.15) is 30.5 Å². The second kappa shape index (κ2) is 8.60. The molecule has 2 rings (SSSR count). The molecule has 0 aliphatic rings. The quantitative estimate of drug-likeness (QED) is 0.817. The smallest absolute Gasteiger partial charge is 0.220 e. The summed E-state index contributed by atoms with van der Waals surface area (Å²) < 4.78 is 10.6. The zero-order chi connectivity index (χ0) is 17.5. The minimum atomic E-state index is -0.179. The standard InChI is InChI=1S/C19H22ClNO3/c1-13(17-12-16(23-2)8-9-18(17)24-3)21-19(22)10-7-14-5-4-6-15(20)11-14/h4-6,8-9,11-13H,7,10H2,1-3H3,(H,21,22). The van der Waals surface area contributed by atoms with Crippen LogP contribution in [0.3, 0.4) is 0 Å². The minimum absolute atomic E-state index is 0.0210. The molecule has 0 spiro atoms. The highest BCUT2D eigenvalue weighted by Crippen LogP contribution is 2.29. The van der Waals surface area contributed by atoms with Crippen molar-refractivity contribution in [1.29, 1.82) is 0 Å². The van der Waals surface area contributed by atoms with Gasteiger partial charge in [-0.25, -0.2) is 0 Å². The minimum Gasteiger partial charge on any atom is -0.497 e. The molecule has 1 unspecified atom stereocenters. The molecule has 0 fully saturated rings. The average Bonchev–Trinajstić information content (AvgIpc) is 2.59.